The van der Waals surface area contributed by atoms with Gasteiger partial charge >= 0.3 is 0 Å². The van der Waals surface area contributed by atoms with E-state index in [1.165, 1.54) is 0 Å². The highest BCUT2D eigenvalue weighted by molar-refractivity contribution is 7.09. The minimum absolute atomic E-state index is 0.0621. The van der Waals surface area contributed by atoms with Gasteiger partial charge < -0.3 is 5.73 Å². The fraction of sp³-hybridized carbons (Fsp3) is 0.400. The van der Waals surface area contributed by atoms with Gasteiger partial charge in [-0.25, -0.2) is 0 Å². The minimum atomic E-state index is -0.0621. The Bertz CT molecular complexity index is 477. The third-order valence-corrected chi connectivity index (χ3v) is 3.89. The maximum atomic E-state index is 6.15. The Balaban J connectivity index is 2.21. The fourth-order valence-electron chi connectivity index (χ4n) is 1.64. The molecule has 0 amide bonds. The molecular weight excluding hydrogens is 244 g/mol. The fourth-order valence-corrected chi connectivity index (χ4v) is 2.51. The molecule has 0 radical (unpaired) electrons. The van der Waals surface area contributed by atoms with E-state index in [1.807, 2.05) is 14.0 Å². The third kappa shape index (κ3) is 2.11. The second-order valence-electron chi connectivity index (χ2n) is 3.69. The number of aromatic nitrogens is 3. The molecule has 86 valence electrons. The van der Waals surface area contributed by atoms with Gasteiger partial charge in [0.15, 0.2) is 0 Å². The van der Waals surface area contributed by atoms with Crippen LogP contribution in [0.2, 0.25) is 5.15 Å². The van der Waals surface area contributed by atoms with Crippen LogP contribution in [-0.4, -0.2) is 14.8 Å². The van der Waals surface area contributed by atoms with Gasteiger partial charge in [0, 0.05) is 29.7 Å². The van der Waals surface area contributed by atoms with Gasteiger partial charge in [0.2, 0.25) is 0 Å². The van der Waals surface area contributed by atoms with Gasteiger partial charge in [-0.1, -0.05) is 11.6 Å². The van der Waals surface area contributed by atoms with Gasteiger partial charge in [-0.15, -0.1) is 11.3 Å². The van der Waals surface area contributed by atoms with E-state index >= 15 is 0 Å². The molecule has 0 saturated carbocycles. The topological polar surface area (TPSA) is 56.7 Å². The van der Waals surface area contributed by atoms with Crippen molar-refractivity contribution in [3.05, 3.63) is 33.0 Å². The zero-order valence-electron chi connectivity index (χ0n) is 9.14. The van der Waals surface area contributed by atoms with Crippen molar-refractivity contribution >= 4 is 22.9 Å². The number of rotatable bonds is 3. The summed E-state index contributed by atoms with van der Waals surface area (Å²) in [5.41, 5.74) is 9.83. The second-order valence-corrected chi connectivity index (χ2v) is 4.97. The van der Waals surface area contributed by atoms with E-state index < -0.39 is 0 Å². The van der Waals surface area contributed by atoms with Crippen LogP contribution >= 0.6 is 22.9 Å². The lowest BCUT2D eigenvalue weighted by molar-refractivity contribution is 0.730. The Morgan fingerprint density at radius 1 is 1.62 bits per heavy atom. The van der Waals surface area contributed by atoms with E-state index in [-0.39, 0.29) is 6.04 Å². The molecule has 1 unspecified atom stereocenters. The molecule has 0 aromatic carbocycles. The first-order chi connectivity index (χ1) is 7.59. The van der Waals surface area contributed by atoms with Crippen LogP contribution in [0.3, 0.4) is 0 Å². The maximum Gasteiger partial charge on any atom is 0.130 e. The zero-order valence-corrected chi connectivity index (χ0v) is 10.7. The molecule has 0 spiro atoms. The highest BCUT2D eigenvalue weighted by Crippen LogP contribution is 2.25. The molecule has 6 heteroatoms. The summed E-state index contributed by atoms with van der Waals surface area (Å²) in [6, 6.07) is -0.0621. The predicted octanol–water partition coefficient (Wildman–Crippen LogP) is 2.08. The van der Waals surface area contributed by atoms with Crippen LogP contribution in [0.25, 0.3) is 0 Å². The quantitative estimate of drug-likeness (QED) is 0.915. The van der Waals surface area contributed by atoms with E-state index in [1.54, 1.807) is 27.7 Å². The van der Waals surface area contributed by atoms with Gasteiger partial charge in [-0.05, 0) is 13.3 Å². The van der Waals surface area contributed by atoms with Crippen LogP contribution in [0, 0.1) is 6.92 Å². The lowest BCUT2D eigenvalue weighted by Crippen LogP contribution is -2.12. The summed E-state index contributed by atoms with van der Waals surface area (Å²) in [4.78, 5) is 5.09. The summed E-state index contributed by atoms with van der Waals surface area (Å²) in [6.45, 7) is 1.95. The maximum absolute atomic E-state index is 6.15. The van der Waals surface area contributed by atoms with Crippen LogP contribution in [-0.2, 0) is 13.5 Å². The molecule has 0 aliphatic rings. The first kappa shape index (κ1) is 11.6. The lowest BCUT2D eigenvalue weighted by atomic mass is 10.1. The van der Waals surface area contributed by atoms with Crippen molar-refractivity contribution in [2.45, 2.75) is 19.4 Å². The van der Waals surface area contributed by atoms with Crippen molar-refractivity contribution in [3.63, 3.8) is 0 Å². The van der Waals surface area contributed by atoms with Gasteiger partial charge in [-0.2, -0.15) is 5.10 Å². The second kappa shape index (κ2) is 4.53. The number of halogens is 1. The molecule has 2 heterocycles. The molecule has 0 aliphatic carbocycles. The lowest BCUT2D eigenvalue weighted by Gasteiger charge is -2.08. The summed E-state index contributed by atoms with van der Waals surface area (Å²) in [5, 5.41) is 4.93. The van der Waals surface area contributed by atoms with Crippen molar-refractivity contribution in [3.8, 4) is 0 Å². The number of hydrogen-bond acceptors (Lipinski definition) is 4. The Kier molecular flexibility index (Phi) is 3.28. The molecule has 0 fully saturated rings. The predicted molar refractivity (Wildman–Crippen MR) is 65.7 cm³/mol. The van der Waals surface area contributed by atoms with Crippen LogP contribution in [0.4, 0.5) is 0 Å². The van der Waals surface area contributed by atoms with Crippen molar-refractivity contribution < 1.29 is 0 Å². The van der Waals surface area contributed by atoms with E-state index in [0.29, 0.717) is 11.6 Å². The van der Waals surface area contributed by atoms with Gasteiger partial charge in [0.1, 0.15) is 5.15 Å². The van der Waals surface area contributed by atoms with E-state index in [2.05, 4.69) is 10.1 Å². The third-order valence-electron chi connectivity index (χ3n) is 2.51. The summed E-state index contributed by atoms with van der Waals surface area (Å²) in [6.07, 6.45) is 2.50. The van der Waals surface area contributed by atoms with Crippen molar-refractivity contribution in [2.75, 3.05) is 0 Å². The molecule has 0 aliphatic heterocycles. The van der Waals surface area contributed by atoms with E-state index in [0.717, 1.165) is 16.1 Å². The molecule has 0 bridgehead atoms. The Morgan fingerprint density at radius 2 is 2.38 bits per heavy atom. The molecule has 1 atom stereocenters. The molecule has 2 N–H and O–H groups in total. The molecule has 2 aromatic rings. The number of nitrogens with zero attached hydrogens (tertiary/aromatic N) is 3. The highest BCUT2D eigenvalue weighted by Gasteiger charge is 2.16. The Labute approximate surface area is 103 Å². The van der Waals surface area contributed by atoms with Crippen LogP contribution in [0.5, 0.6) is 0 Å². The first-order valence-electron chi connectivity index (χ1n) is 4.91. The largest absolute Gasteiger partial charge is 0.323 e. The average Bonchev–Trinajstić information content (AvgIpc) is 2.83. The molecule has 4 nitrogen and oxygen atoms in total. The average molecular weight is 257 g/mol. The van der Waals surface area contributed by atoms with Gasteiger partial charge in [-0.3, -0.25) is 9.67 Å². The molecule has 16 heavy (non-hydrogen) atoms. The van der Waals surface area contributed by atoms with Crippen molar-refractivity contribution in [1.29, 1.82) is 0 Å². The Hall–Kier alpha value is -0.910. The molecule has 0 saturated heterocycles. The van der Waals surface area contributed by atoms with Gasteiger partial charge in [0.25, 0.3) is 0 Å². The number of aryl methyl sites for hydroxylation is 2. The number of thiazole rings is 1. The van der Waals surface area contributed by atoms with Crippen LogP contribution in [0.1, 0.15) is 22.2 Å². The highest BCUT2D eigenvalue weighted by atomic mass is 35.5. The SMILES string of the molecule is Cc1nn(C)c(Cl)c1CC(N)c1cncs1. The summed E-state index contributed by atoms with van der Waals surface area (Å²) in [5.74, 6) is 0. The van der Waals surface area contributed by atoms with E-state index in [9.17, 15) is 0 Å². The molecule has 2 aromatic heterocycles. The van der Waals surface area contributed by atoms with Crippen LogP contribution in [0.15, 0.2) is 11.7 Å². The summed E-state index contributed by atoms with van der Waals surface area (Å²) >= 11 is 7.71. The summed E-state index contributed by atoms with van der Waals surface area (Å²) < 4.78 is 1.67. The monoisotopic (exact) mass is 256 g/mol. The molecular formula is C10H13ClN4S. The van der Waals surface area contributed by atoms with Crippen molar-refractivity contribution in [1.82, 2.24) is 14.8 Å². The first-order valence-corrected chi connectivity index (χ1v) is 6.17. The Morgan fingerprint density at radius 3 is 2.88 bits per heavy atom. The minimum Gasteiger partial charge on any atom is -0.323 e. The smallest absolute Gasteiger partial charge is 0.130 e. The number of hydrogen-bond donors (Lipinski definition) is 1. The van der Waals surface area contributed by atoms with Crippen LogP contribution < -0.4 is 5.73 Å². The van der Waals surface area contributed by atoms with Gasteiger partial charge in [0.05, 0.1) is 11.2 Å². The summed E-state index contributed by atoms with van der Waals surface area (Å²) in [7, 11) is 1.83. The normalized spacial score (nSPS) is 13.0. The van der Waals surface area contributed by atoms with E-state index in [4.69, 9.17) is 17.3 Å². The van der Waals surface area contributed by atoms with Crippen molar-refractivity contribution in [2.24, 2.45) is 12.8 Å². The standard InChI is InChI=1S/C10H13ClN4S/c1-6-7(10(11)15(2)14-6)3-8(12)9-4-13-5-16-9/h4-5,8H,3,12H2,1-2H3. The zero-order chi connectivity index (χ0) is 11.7. The number of nitrogens with two attached hydrogens (primary N) is 1. The molecule has 2 rings (SSSR count).